The lowest BCUT2D eigenvalue weighted by Gasteiger charge is -2.42. The molecule has 184 valence electrons. The van der Waals surface area contributed by atoms with Gasteiger partial charge in [-0.1, -0.05) is 51.3 Å². The maximum atomic E-state index is 4.58. The van der Waals surface area contributed by atoms with Crippen LogP contribution in [0.5, 0.6) is 0 Å². The molecular formula is C29H48N4. The van der Waals surface area contributed by atoms with E-state index in [0.29, 0.717) is 17.4 Å². The van der Waals surface area contributed by atoms with Crippen molar-refractivity contribution in [2.24, 2.45) is 11.3 Å². The minimum atomic E-state index is 0.308. The molecule has 0 aromatic rings. The molecule has 33 heavy (non-hydrogen) atoms. The molecule has 0 radical (unpaired) electrons. The first kappa shape index (κ1) is 25.7. The van der Waals surface area contributed by atoms with Crippen molar-refractivity contribution in [1.29, 1.82) is 0 Å². The Kier molecular flexibility index (Phi) is 8.55. The number of nitrogens with zero attached hydrogens (tertiary/aromatic N) is 4. The Morgan fingerprint density at radius 1 is 1.03 bits per heavy atom. The van der Waals surface area contributed by atoms with E-state index in [4.69, 9.17) is 0 Å². The number of hydrogen-bond donors (Lipinski definition) is 0. The van der Waals surface area contributed by atoms with Gasteiger partial charge in [0.25, 0.3) is 0 Å². The van der Waals surface area contributed by atoms with E-state index in [1.165, 1.54) is 49.3 Å². The highest BCUT2D eigenvalue weighted by molar-refractivity contribution is 5.24. The number of likely N-dealkylation sites (tertiary alicyclic amines) is 2. The molecule has 1 unspecified atom stereocenters. The summed E-state index contributed by atoms with van der Waals surface area (Å²) in [6.45, 7) is 29.5. The van der Waals surface area contributed by atoms with Crippen molar-refractivity contribution >= 4 is 0 Å². The van der Waals surface area contributed by atoms with Gasteiger partial charge in [0.05, 0.1) is 0 Å². The molecule has 3 aliphatic heterocycles. The normalized spacial score (nSPS) is 24.5. The van der Waals surface area contributed by atoms with Gasteiger partial charge in [-0.25, -0.2) is 0 Å². The first-order valence-electron chi connectivity index (χ1n) is 13.0. The predicted molar refractivity (Wildman–Crippen MR) is 143 cm³/mol. The molecule has 0 saturated carbocycles. The van der Waals surface area contributed by atoms with Crippen LogP contribution in [0.15, 0.2) is 60.6 Å². The summed E-state index contributed by atoms with van der Waals surface area (Å²) >= 11 is 0. The second-order valence-corrected chi connectivity index (χ2v) is 10.8. The number of piperazine rings is 1. The lowest BCUT2D eigenvalue weighted by atomic mass is 9.74. The van der Waals surface area contributed by atoms with Crippen LogP contribution in [0.1, 0.15) is 53.4 Å². The molecular weight excluding hydrogens is 404 g/mol. The summed E-state index contributed by atoms with van der Waals surface area (Å²) in [6.07, 6.45) is 11.5. The van der Waals surface area contributed by atoms with Crippen molar-refractivity contribution < 1.29 is 0 Å². The fourth-order valence-corrected chi connectivity index (χ4v) is 5.85. The summed E-state index contributed by atoms with van der Waals surface area (Å²) in [5, 5.41) is 0. The highest BCUT2D eigenvalue weighted by Crippen LogP contribution is 2.50. The molecule has 1 spiro atoms. The fraction of sp³-hybridized carbons (Fsp3) is 0.655. The molecule has 0 aromatic carbocycles. The van der Waals surface area contributed by atoms with Gasteiger partial charge in [0.15, 0.2) is 0 Å². The van der Waals surface area contributed by atoms with Crippen molar-refractivity contribution in [3.05, 3.63) is 60.6 Å². The Labute approximate surface area is 204 Å². The van der Waals surface area contributed by atoms with E-state index >= 15 is 0 Å². The number of rotatable bonds is 8. The zero-order valence-corrected chi connectivity index (χ0v) is 22.1. The van der Waals surface area contributed by atoms with Gasteiger partial charge >= 0.3 is 0 Å². The van der Waals surface area contributed by atoms with Gasteiger partial charge in [-0.15, -0.1) is 0 Å². The Hall–Kier alpha value is -1.94. The minimum absolute atomic E-state index is 0.308. The number of allylic oxidation sites excluding steroid dienone is 6. The average Bonchev–Trinajstić information content (AvgIpc) is 3.03. The Morgan fingerprint density at radius 3 is 2.21 bits per heavy atom. The summed E-state index contributed by atoms with van der Waals surface area (Å²) < 4.78 is 0. The standard InChI is InChI=1S/C29H48N4/c1-9-27(11-10-23(2)3)33-20-18-31(19-21-33)15-12-28-22-29(26(7)30(28)8)13-16-32(17-14-29)25(6)24(4)5/h9-11,24,28H,2,6-7,12-22H2,1,3-5,8H3/b11-10-,27-9?. The summed E-state index contributed by atoms with van der Waals surface area (Å²) in [5.41, 5.74) is 5.41. The van der Waals surface area contributed by atoms with E-state index in [-0.39, 0.29) is 0 Å². The molecule has 0 aromatic heterocycles. The smallest absolute Gasteiger partial charge is 0.0323 e. The monoisotopic (exact) mass is 452 g/mol. The van der Waals surface area contributed by atoms with Crippen LogP contribution in [0.2, 0.25) is 0 Å². The number of piperidine rings is 1. The number of hydrogen-bond acceptors (Lipinski definition) is 4. The zero-order chi connectivity index (χ0) is 24.2. The van der Waals surface area contributed by atoms with Crippen LogP contribution in [-0.2, 0) is 0 Å². The Morgan fingerprint density at radius 2 is 1.67 bits per heavy atom. The molecule has 3 fully saturated rings. The molecule has 3 saturated heterocycles. The molecule has 1 atom stereocenters. The van der Waals surface area contributed by atoms with Crippen molar-refractivity contribution in [1.82, 2.24) is 19.6 Å². The van der Waals surface area contributed by atoms with E-state index in [9.17, 15) is 0 Å². The average molecular weight is 453 g/mol. The third kappa shape index (κ3) is 5.95. The van der Waals surface area contributed by atoms with Gasteiger partial charge < -0.3 is 14.7 Å². The lowest BCUT2D eigenvalue weighted by Crippen LogP contribution is -2.46. The summed E-state index contributed by atoms with van der Waals surface area (Å²) in [6, 6.07) is 0.625. The molecule has 3 rings (SSSR count). The largest absolute Gasteiger partial charge is 0.375 e. The molecule has 0 bridgehead atoms. The van der Waals surface area contributed by atoms with Crippen molar-refractivity contribution in [2.75, 3.05) is 52.9 Å². The van der Waals surface area contributed by atoms with Crippen molar-refractivity contribution in [3.8, 4) is 0 Å². The van der Waals surface area contributed by atoms with Crippen LogP contribution in [0.3, 0.4) is 0 Å². The maximum absolute atomic E-state index is 4.58. The van der Waals surface area contributed by atoms with Crippen LogP contribution in [0.4, 0.5) is 0 Å². The van der Waals surface area contributed by atoms with E-state index in [2.05, 4.69) is 85.4 Å². The molecule has 3 aliphatic rings. The molecule has 0 N–H and O–H groups in total. The molecule has 0 aliphatic carbocycles. The second kappa shape index (κ2) is 11.0. The van der Waals surface area contributed by atoms with E-state index in [1.54, 1.807) is 0 Å². The third-order valence-corrected chi connectivity index (χ3v) is 8.36. The highest BCUT2D eigenvalue weighted by Gasteiger charge is 2.47. The van der Waals surface area contributed by atoms with Crippen LogP contribution in [0.25, 0.3) is 0 Å². The predicted octanol–water partition coefficient (Wildman–Crippen LogP) is 5.50. The van der Waals surface area contributed by atoms with E-state index in [1.807, 2.05) is 6.92 Å². The van der Waals surface area contributed by atoms with Crippen LogP contribution < -0.4 is 0 Å². The highest BCUT2D eigenvalue weighted by atomic mass is 15.3. The molecule has 4 heteroatoms. The lowest BCUT2D eigenvalue weighted by molar-refractivity contribution is 0.143. The molecule has 4 nitrogen and oxygen atoms in total. The van der Waals surface area contributed by atoms with Crippen LogP contribution in [0, 0.1) is 11.3 Å². The topological polar surface area (TPSA) is 13.0 Å². The van der Waals surface area contributed by atoms with Gasteiger partial charge in [-0.2, -0.15) is 0 Å². The summed E-state index contributed by atoms with van der Waals surface area (Å²) in [4.78, 5) is 10.2. The van der Waals surface area contributed by atoms with Gasteiger partial charge in [-0.3, -0.25) is 4.90 Å². The van der Waals surface area contributed by atoms with Gasteiger partial charge in [0.2, 0.25) is 0 Å². The minimum Gasteiger partial charge on any atom is -0.375 e. The van der Waals surface area contributed by atoms with Gasteiger partial charge in [-0.05, 0) is 51.5 Å². The molecule has 0 amide bonds. The SMILES string of the molecule is C=C(C)/C=C\C(=CC)N1CCN(CCC2CC3(CCN(C(=C)C(C)C)CC3)C(=C)N2C)CC1. The zero-order valence-electron chi connectivity index (χ0n) is 22.1. The first-order chi connectivity index (χ1) is 15.7. The quantitative estimate of drug-likeness (QED) is 0.451. The fourth-order valence-electron chi connectivity index (χ4n) is 5.85. The van der Waals surface area contributed by atoms with Crippen molar-refractivity contribution in [3.63, 3.8) is 0 Å². The second-order valence-electron chi connectivity index (χ2n) is 10.8. The maximum Gasteiger partial charge on any atom is 0.0323 e. The van der Waals surface area contributed by atoms with Crippen molar-refractivity contribution in [2.45, 2.75) is 59.4 Å². The third-order valence-electron chi connectivity index (χ3n) is 8.36. The Balaban J connectivity index is 1.48. The van der Waals surface area contributed by atoms with Gasteiger partial charge in [0.1, 0.15) is 0 Å². The summed E-state index contributed by atoms with van der Waals surface area (Å²) in [5.74, 6) is 0.535. The van der Waals surface area contributed by atoms with Gasteiger partial charge in [0, 0.05) is 81.4 Å². The van der Waals surface area contributed by atoms with Crippen LogP contribution >= 0.6 is 0 Å². The van der Waals surface area contributed by atoms with Crippen LogP contribution in [-0.4, -0.2) is 78.5 Å². The first-order valence-corrected chi connectivity index (χ1v) is 13.0. The molecule has 3 heterocycles. The Bertz CT molecular complexity index is 773. The van der Waals surface area contributed by atoms with E-state index in [0.717, 1.165) is 44.8 Å². The summed E-state index contributed by atoms with van der Waals surface area (Å²) in [7, 11) is 2.28. The van der Waals surface area contributed by atoms with E-state index < -0.39 is 0 Å².